The summed E-state index contributed by atoms with van der Waals surface area (Å²) in [5.74, 6) is -1.20. The number of primary amides is 2. The molecule has 4 amide bonds. The fourth-order valence-electron chi connectivity index (χ4n) is 5.95. The standard InChI is InChI=1S/C34H38N12O5/c1-6-45-25(13-18(3)41-45)31(49)39-33-38-23-16-21(30(36)48)17-27(28(23)43(33)5)51-12-8-11-44-24-10-9-20(29(35)47)15-22(24)37-34(44)40-32(50)26-14-19(4)42-46(26)7-2/h9-10,13-17H,6-8,11-12H2,1-5H3,(H2,35,47)(H2,36,48)(H,37,40,50)(H,38,39,49). The average Bonchev–Trinajstić information content (AvgIpc) is 3.85. The number of aromatic nitrogens is 8. The van der Waals surface area contributed by atoms with Crippen molar-refractivity contribution >= 4 is 57.6 Å². The van der Waals surface area contributed by atoms with Gasteiger partial charge >= 0.3 is 0 Å². The number of rotatable bonds is 13. The summed E-state index contributed by atoms with van der Waals surface area (Å²) in [6, 6.07) is 11.4. The second-order valence-corrected chi connectivity index (χ2v) is 11.9. The predicted molar refractivity (Wildman–Crippen MR) is 189 cm³/mol. The number of hydrogen-bond donors (Lipinski definition) is 4. The van der Waals surface area contributed by atoms with Crippen LogP contribution in [0.3, 0.4) is 0 Å². The van der Waals surface area contributed by atoms with Crippen LogP contribution in [0.4, 0.5) is 11.9 Å². The number of imidazole rings is 2. The Morgan fingerprint density at radius 2 is 1.33 bits per heavy atom. The minimum absolute atomic E-state index is 0.174. The third-order valence-electron chi connectivity index (χ3n) is 8.35. The van der Waals surface area contributed by atoms with Gasteiger partial charge in [0.2, 0.25) is 23.7 Å². The van der Waals surface area contributed by atoms with E-state index in [1.54, 1.807) is 57.4 Å². The summed E-state index contributed by atoms with van der Waals surface area (Å²) in [7, 11) is 1.73. The van der Waals surface area contributed by atoms with E-state index in [4.69, 9.17) is 16.2 Å². The van der Waals surface area contributed by atoms with Crippen LogP contribution < -0.4 is 26.8 Å². The Morgan fingerprint density at radius 1 is 0.765 bits per heavy atom. The number of nitrogens with one attached hydrogen (secondary N) is 2. The minimum Gasteiger partial charge on any atom is -0.491 e. The molecule has 0 saturated carbocycles. The zero-order chi connectivity index (χ0) is 36.6. The summed E-state index contributed by atoms with van der Waals surface area (Å²) in [5.41, 5.74) is 15.9. The molecule has 0 atom stereocenters. The second-order valence-electron chi connectivity index (χ2n) is 11.9. The number of ether oxygens (including phenoxy) is 1. The smallest absolute Gasteiger partial charge is 0.276 e. The molecule has 0 spiro atoms. The largest absolute Gasteiger partial charge is 0.491 e. The van der Waals surface area contributed by atoms with Crippen LogP contribution in [0.2, 0.25) is 0 Å². The third kappa shape index (κ3) is 6.72. The number of aryl methyl sites for hydroxylation is 6. The number of amides is 4. The number of nitrogens with zero attached hydrogens (tertiary/aromatic N) is 8. The summed E-state index contributed by atoms with van der Waals surface area (Å²) in [6.45, 7) is 8.95. The Bertz CT molecular complexity index is 2340. The molecule has 0 fully saturated rings. The molecule has 51 heavy (non-hydrogen) atoms. The molecule has 0 aliphatic rings. The molecule has 17 heteroatoms. The number of carbonyl (C=O) groups is 4. The van der Waals surface area contributed by atoms with Crippen molar-refractivity contribution in [1.82, 2.24) is 38.7 Å². The predicted octanol–water partition coefficient (Wildman–Crippen LogP) is 3.14. The van der Waals surface area contributed by atoms with Gasteiger partial charge in [-0.1, -0.05) is 0 Å². The highest BCUT2D eigenvalue weighted by Crippen LogP contribution is 2.31. The van der Waals surface area contributed by atoms with E-state index in [1.807, 2.05) is 32.3 Å². The fraction of sp³-hybridized carbons (Fsp3) is 0.294. The number of carbonyl (C=O) groups excluding carboxylic acids is 4. The maximum atomic E-state index is 13.4. The summed E-state index contributed by atoms with van der Waals surface area (Å²) >= 11 is 0. The van der Waals surface area contributed by atoms with Crippen LogP contribution in [0, 0.1) is 13.8 Å². The second kappa shape index (κ2) is 13.8. The lowest BCUT2D eigenvalue weighted by molar-refractivity contribution is 0.0992. The van der Waals surface area contributed by atoms with Crippen molar-refractivity contribution in [3.05, 3.63) is 76.4 Å². The highest BCUT2D eigenvalue weighted by atomic mass is 16.5. The van der Waals surface area contributed by atoms with Crippen LogP contribution >= 0.6 is 0 Å². The third-order valence-corrected chi connectivity index (χ3v) is 8.35. The van der Waals surface area contributed by atoms with Gasteiger partial charge in [-0.2, -0.15) is 10.2 Å². The maximum absolute atomic E-state index is 13.4. The van der Waals surface area contributed by atoms with Gasteiger partial charge in [0, 0.05) is 37.8 Å². The van der Waals surface area contributed by atoms with Crippen molar-refractivity contribution in [2.45, 2.75) is 53.8 Å². The Morgan fingerprint density at radius 3 is 1.92 bits per heavy atom. The van der Waals surface area contributed by atoms with Gasteiger partial charge in [0.1, 0.15) is 22.7 Å². The number of hydrogen-bond acceptors (Lipinski definition) is 9. The molecule has 6 rings (SSSR count). The van der Waals surface area contributed by atoms with Crippen molar-refractivity contribution in [2.24, 2.45) is 18.5 Å². The molecule has 6 aromatic rings. The Hall–Kier alpha value is -6.52. The molecule has 0 aliphatic carbocycles. The van der Waals surface area contributed by atoms with Crippen molar-refractivity contribution < 1.29 is 23.9 Å². The lowest BCUT2D eigenvalue weighted by atomic mass is 10.1. The first-order valence-corrected chi connectivity index (χ1v) is 16.3. The lowest BCUT2D eigenvalue weighted by Crippen LogP contribution is -2.20. The molecule has 4 heterocycles. The summed E-state index contributed by atoms with van der Waals surface area (Å²) in [6.07, 6.45) is 0.433. The van der Waals surface area contributed by atoms with Gasteiger partial charge < -0.3 is 25.3 Å². The van der Waals surface area contributed by atoms with E-state index in [9.17, 15) is 19.2 Å². The van der Waals surface area contributed by atoms with Gasteiger partial charge in [-0.25, -0.2) is 9.97 Å². The summed E-state index contributed by atoms with van der Waals surface area (Å²) in [5, 5.41) is 14.4. The van der Waals surface area contributed by atoms with Crippen molar-refractivity contribution in [3.8, 4) is 5.75 Å². The highest BCUT2D eigenvalue weighted by Gasteiger charge is 2.22. The lowest BCUT2D eigenvalue weighted by Gasteiger charge is -2.13. The highest BCUT2D eigenvalue weighted by molar-refractivity contribution is 6.05. The molecule has 2 aromatic carbocycles. The zero-order valence-corrected chi connectivity index (χ0v) is 28.9. The molecule has 0 aliphatic heterocycles. The van der Waals surface area contributed by atoms with E-state index in [1.165, 1.54) is 6.07 Å². The first kappa shape index (κ1) is 34.3. The van der Waals surface area contributed by atoms with E-state index in [2.05, 4.69) is 30.8 Å². The number of fused-ring (bicyclic) bond motifs is 2. The van der Waals surface area contributed by atoms with Crippen LogP contribution in [0.5, 0.6) is 5.75 Å². The normalized spacial score (nSPS) is 11.3. The number of benzene rings is 2. The zero-order valence-electron chi connectivity index (χ0n) is 28.9. The molecule has 4 aromatic heterocycles. The van der Waals surface area contributed by atoms with Gasteiger partial charge in [0.25, 0.3) is 11.8 Å². The van der Waals surface area contributed by atoms with Gasteiger partial charge in [-0.3, -0.25) is 39.2 Å². The van der Waals surface area contributed by atoms with Crippen molar-refractivity contribution in [3.63, 3.8) is 0 Å². The van der Waals surface area contributed by atoms with E-state index in [0.717, 1.165) is 0 Å². The van der Waals surface area contributed by atoms with E-state index >= 15 is 0 Å². The van der Waals surface area contributed by atoms with Crippen molar-refractivity contribution in [1.29, 1.82) is 0 Å². The molecule has 6 N–H and O–H groups in total. The number of nitrogens with two attached hydrogens (primary N) is 2. The fourth-order valence-corrected chi connectivity index (χ4v) is 5.95. The molecule has 264 valence electrons. The number of anilines is 2. The summed E-state index contributed by atoms with van der Waals surface area (Å²) in [4.78, 5) is 59.8. The molecule has 0 unspecified atom stereocenters. The molecular weight excluding hydrogens is 656 g/mol. The van der Waals surface area contributed by atoms with Crippen LogP contribution in [-0.4, -0.2) is 68.9 Å². The topological polar surface area (TPSA) is 225 Å². The molecule has 0 bridgehead atoms. The van der Waals surface area contributed by atoms with Gasteiger partial charge in [-0.15, -0.1) is 0 Å². The summed E-state index contributed by atoms with van der Waals surface area (Å²) < 4.78 is 12.9. The van der Waals surface area contributed by atoms with Crippen molar-refractivity contribution in [2.75, 3.05) is 17.2 Å². The quantitative estimate of drug-likeness (QED) is 0.130. The van der Waals surface area contributed by atoms with Crippen LogP contribution in [0.25, 0.3) is 22.1 Å². The van der Waals surface area contributed by atoms with Gasteiger partial charge in [-0.05, 0) is 76.6 Å². The van der Waals surface area contributed by atoms with Crippen LogP contribution in [0.15, 0.2) is 42.5 Å². The van der Waals surface area contributed by atoms with E-state index in [0.29, 0.717) is 76.6 Å². The maximum Gasteiger partial charge on any atom is 0.276 e. The SMILES string of the molecule is CCn1nc(C)cc1C(=O)Nc1nc2cc(C(N)=O)cc(OCCCn3c(NC(=O)c4cc(C)nn4CC)nc4cc(C(N)=O)ccc43)c2n1C. The van der Waals surface area contributed by atoms with Crippen LogP contribution in [0.1, 0.15) is 73.3 Å². The minimum atomic E-state index is -0.666. The average molecular weight is 695 g/mol. The van der Waals surface area contributed by atoms with E-state index in [-0.39, 0.29) is 41.4 Å². The van der Waals surface area contributed by atoms with E-state index < -0.39 is 11.8 Å². The molecular formula is C34H38N12O5. The Labute approximate surface area is 291 Å². The Kier molecular flexibility index (Phi) is 9.27. The molecule has 0 saturated heterocycles. The monoisotopic (exact) mass is 694 g/mol. The van der Waals surface area contributed by atoms with Crippen LogP contribution in [-0.2, 0) is 26.7 Å². The molecule has 17 nitrogen and oxygen atoms in total. The van der Waals surface area contributed by atoms with Gasteiger partial charge in [0.05, 0.1) is 34.5 Å². The first-order chi connectivity index (χ1) is 24.4. The van der Waals surface area contributed by atoms with Gasteiger partial charge in [0.15, 0.2) is 0 Å². The molecule has 0 radical (unpaired) electrons. The Balaban J connectivity index is 1.25. The first-order valence-electron chi connectivity index (χ1n) is 16.3.